The molecule has 1 fully saturated rings. The van der Waals surface area contributed by atoms with Crippen LogP contribution in [0, 0.1) is 0 Å². The van der Waals surface area contributed by atoms with Gasteiger partial charge in [-0.15, -0.1) is 0 Å². The Balaban J connectivity index is 1.97. The molecule has 7 nitrogen and oxygen atoms in total. The zero-order chi connectivity index (χ0) is 11.7. The number of H-pyrrole nitrogens is 1. The minimum absolute atomic E-state index is 0.391. The highest BCUT2D eigenvalue weighted by molar-refractivity contribution is 5.87. The fourth-order valence-electron chi connectivity index (χ4n) is 2.27. The topological polar surface area (TPSA) is 105 Å². The Hall–Kier alpha value is -1.89. The summed E-state index contributed by atoms with van der Waals surface area (Å²) in [5.41, 5.74) is 3.15. The quantitative estimate of drug-likeness (QED) is 0.465. The van der Waals surface area contributed by atoms with Crippen LogP contribution in [0.2, 0.25) is 0 Å². The molecule has 1 aliphatic carbocycles. The summed E-state index contributed by atoms with van der Waals surface area (Å²) in [6.45, 7) is 0. The molecule has 0 spiro atoms. The molecule has 17 heavy (non-hydrogen) atoms. The lowest BCUT2D eigenvalue weighted by Gasteiger charge is -2.13. The Morgan fingerprint density at radius 1 is 1.29 bits per heavy atom. The van der Waals surface area contributed by atoms with Crippen molar-refractivity contribution < 1.29 is 0 Å². The van der Waals surface area contributed by atoms with Gasteiger partial charge in [-0.25, -0.2) is 5.84 Å². The van der Waals surface area contributed by atoms with Crippen LogP contribution >= 0.6 is 0 Å². The van der Waals surface area contributed by atoms with E-state index in [0.717, 1.165) is 11.2 Å². The molecular weight excluding hydrogens is 218 g/mol. The van der Waals surface area contributed by atoms with E-state index < -0.39 is 0 Å². The van der Waals surface area contributed by atoms with Crippen molar-refractivity contribution in [1.29, 1.82) is 0 Å². The van der Waals surface area contributed by atoms with E-state index in [4.69, 9.17) is 5.84 Å². The predicted octanol–water partition coefficient (Wildman–Crippen LogP) is 0.993. The van der Waals surface area contributed by atoms with Crippen LogP contribution in [0.15, 0.2) is 6.20 Å². The van der Waals surface area contributed by atoms with E-state index in [2.05, 4.69) is 30.9 Å². The first-order chi connectivity index (χ1) is 8.36. The second kappa shape index (κ2) is 4.17. The maximum atomic E-state index is 5.35. The van der Waals surface area contributed by atoms with Gasteiger partial charge in [0.2, 0.25) is 5.95 Å². The molecule has 2 aromatic rings. The van der Waals surface area contributed by atoms with Crippen LogP contribution < -0.4 is 16.6 Å². The van der Waals surface area contributed by atoms with Gasteiger partial charge in [-0.3, -0.25) is 10.5 Å². The number of anilines is 2. The number of rotatable bonds is 3. The molecule has 2 heterocycles. The monoisotopic (exact) mass is 233 g/mol. The standard InChI is InChI=1S/C10H15N7/c11-16-10-14-8(13-6-3-1-2-4-6)7-5-12-17-9(7)15-10/h5-6H,1-4,11H2,(H3,12,13,14,15,16,17). The Morgan fingerprint density at radius 3 is 2.88 bits per heavy atom. The molecular formula is C10H15N7. The van der Waals surface area contributed by atoms with Gasteiger partial charge < -0.3 is 5.32 Å². The van der Waals surface area contributed by atoms with Crippen LogP contribution in [-0.4, -0.2) is 26.2 Å². The number of aromatic amines is 1. The van der Waals surface area contributed by atoms with Gasteiger partial charge in [0.1, 0.15) is 5.82 Å². The zero-order valence-corrected chi connectivity index (χ0v) is 9.40. The van der Waals surface area contributed by atoms with E-state index in [1.807, 2.05) is 0 Å². The molecule has 0 unspecified atom stereocenters. The summed E-state index contributed by atoms with van der Waals surface area (Å²) in [4.78, 5) is 8.52. The van der Waals surface area contributed by atoms with Crippen molar-refractivity contribution in [3.63, 3.8) is 0 Å². The van der Waals surface area contributed by atoms with E-state index in [9.17, 15) is 0 Å². The SMILES string of the molecule is NNc1nc(NC2CCCC2)c2cn[nH]c2n1. The highest BCUT2D eigenvalue weighted by atomic mass is 15.3. The van der Waals surface area contributed by atoms with Crippen LogP contribution in [0.5, 0.6) is 0 Å². The fourth-order valence-corrected chi connectivity index (χ4v) is 2.27. The molecule has 0 atom stereocenters. The number of hydrogen-bond acceptors (Lipinski definition) is 6. The summed E-state index contributed by atoms with van der Waals surface area (Å²) in [7, 11) is 0. The van der Waals surface area contributed by atoms with Gasteiger partial charge in [0, 0.05) is 6.04 Å². The molecule has 0 bridgehead atoms. The number of hydrogen-bond donors (Lipinski definition) is 4. The molecule has 3 rings (SSSR count). The minimum atomic E-state index is 0.391. The van der Waals surface area contributed by atoms with E-state index in [-0.39, 0.29) is 0 Å². The summed E-state index contributed by atoms with van der Waals surface area (Å²) >= 11 is 0. The highest BCUT2D eigenvalue weighted by Gasteiger charge is 2.17. The highest BCUT2D eigenvalue weighted by Crippen LogP contribution is 2.25. The molecule has 0 saturated heterocycles. The first-order valence-electron chi connectivity index (χ1n) is 5.81. The molecule has 0 amide bonds. The Bertz CT molecular complexity index is 514. The number of nitrogen functional groups attached to an aromatic ring is 1. The van der Waals surface area contributed by atoms with E-state index in [0.29, 0.717) is 17.6 Å². The van der Waals surface area contributed by atoms with Crippen molar-refractivity contribution in [2.24, 2.45) is 5.84 Å². The normalized spacial score (nSPS) is 16.5. The van der Waals surface area contributed by atoms with Gasteiger partial charge in [-0.1, -0.05) is 12.8 Å². The minimum Gasteiger partial charge on any atom is -0.367 e. The summed E-state index contributed by atoms with van der Waals surface area (Å²) < 4.78 is 0. The lowest BCUT2D eigenvalue weighted by molar-refractivity contribution is 0.751. The Morgan fingerprint density at radius 2 is 2.12 bits per heavy atom. The molecule has 0 radical (unpaired) electrons. The molecule has 2 aromatic heterocycles. The predicted molar refractivity (Wildman–Crippen MR) is 65.4 cm³/mol. The summed E-state index contributed by atoms with van der Waals surface area (Å²) in [6, 6.07) is 0.494. The number of hydrazine groups is 1. The first-order valence-corrected chi connectivity index (χ1v) is 5.81. The molecule has 1 saturated carbocycles. The largest absolute Gasteiger partial charge is 0.367 e. The molecule has 0 aromatic carbocycles. The van der Waals surface area contributed by atoms with E-state index in [1.165, 1.54) is 25.7 Å². The van der Waals surface area contributed by atoms with Gasteiger partial charge >= 0.3 is 0 Å². The van der Waals surface area contributed by atoms with Crippen molar-refractivity contribution in [1.82, 2.24) is 20.2 Å². The van der Waals surface area contributed by atoms with Crippen LogP contribution in [-0.2, 0) is 0 Å². The van der Waals surface area contributed by atoms with Gasteiger partial charge in [0.15, 0.2) is 5.65 Å². The fraction of sp³-hybridized carbons (Fsp3) is 0.500. The van der Waals surface area contributed by atoms with Crippen LogP contribution in [0.1, 0.15) is 25.7 Å². The van der Waals surface area contributed by atoms with E-state index in [1.54, 1.807) is 6.20 Å². The first kappa shape index (κ1) is 10.3. The average Bonchev–Trinajstić information content (AvgIpc) is 2.98. The molecule has 0 aliphatic heterocycles. The third-order valence-electron chi connectivity index (χ3n) is 3.13. The van der Waals surface area contributed by atoms with Crippen LogP contribution in [0.3, 0.4) is 0 Å². The van der Waals surface area contributed by atoms with Gasteiger partial charge in [-0.2, -0.15) is 15.1 Å². The second-order valence-electron chi connectivity index (χ2n) is 4.30. The summed E-state index contributed by atoms with van der Waals surface area (Å²) in [5, 5.41) is 11.1. The van der Waals surface area contributed by atoms with Gasteiger partial charge in [0.25, 0.3) is 0 Å². The third kappa shape index (κ3) is 1.89. The molecule has 1 aliphatic rings. The molecule has 7 heteroatoms. The lowest BCUT2D eigenvalue weighted by Crippen LogP contribution is -2.17. The van der Waals surface area contributed by atoms with E-state index >= 15 is 0 Å². The smallest absolute Gasteiger partial charge is 0.241 e. The Kier molecular flexibility index (Phi) is 2.52. The molecule has 5 N–H and O–H groups in total. The van der Waals surface area contributed by atoms with Crippen molar-refractivity contribution in [3.8, 4) is 0 Å². The zero-order valence-electron chi connectivity index (χ0n) is 9.40. The summed E-state index contributed by atoms with van der Waals surface area (Å²) in [6.07, 6.45) is 6.66. The van der Waals surface area contributed by atoms with Crippen LogP contribution in [0.4, 0.5) is 11.8 Å². The van der Waals surface area contributed by atoms with Gasteiger partial charge in [0.05, 0.1) is 11.6 Å². The van der Waals surface area contributed by atoms with Crippen molar-refractivity contribution in [2.75, 3.05) is 10.7 Å². The maximum Gasteiger partial charge on any atom is 0.241 e. The third-order valence-corrected chi connectivity index (χ3v) is 3.13. The second-order valence-corrected chi connectivity index (χ2v) is 4.30. The van der Waals surface area contributed by atoms with Crippen molar-refractivity contribution in [3.05, 3.63) is 6.20 Å². The average molecular weight is 233 g/mol. The van der Waals surface area contributed by atoms with Crippen molar-refractivity contribution >= 4 is 22.8 Å². The number of nitrogens with one attached hydrogen (secondary N) is 3. The van der Waals surface area contributed by atoms with Crippen LogP contribution in [0.25, 0.3) is 11.0 Å². The maximum absolute atomic E-state index is 5.35. The molecule has 90 valence electrons. The Labute approximate surface area is 98.2 Å². The number of nitrogens with zero attached hydrogens (tertiary/aromatic N) is 3. The van der Waals surface area contributed by atoms with Gasteiger partial charge in [-0.05, 0) is 12.8 Å². The summed E-state index contributed by atoms with van der Waals surface area (Å²) in [5.74, 6) is 6.54. The number of aromatic nitrogens is 4. The number of fused-ring (bicyclic) bond motifs is 1. The number of nitrogens with two attached hydrogens (primary N) is 1. The van der Waals surface area contributed by atoms with Crippen molar-refractivity contribution in [2.45, 2.75) is 31.7 Å². The lowest BCUT2D eigenvalue weighted by atomic mass is 10.2.